The van der Waals surface area contributed by atoms with Crippen molar-refractivity contribution >= 4 is 40.4 Å². The molecule has 0 saturated carbocycles. The quantitative estimate of drug-likeness (QED) is 0.213. The Balaban J connectivity index is 1.60. The molecule has 2 amide bonds. The first kappa shape index (κ1) is 26.0. The summed E-state index contributed by atoms with van der Waals surface area (Å²) in [5, 5.41) is 21.4. The predicted octanol–water partition coefficient (Wildman–Crippen LogP) is 5.15. The lowest BCUT2D eigenvalue weighted by atomic mass is 10.0. The van der Waals surface area contributed by atoms with E-state index < -0.39 is 29.0 Å². The molecule has 11 heteroatoms. The van der Waals surface area contributed by atoms with Crippen molar-refractivity contribution in [3.63, 3.8) is 0 Å². The second kappa shape index (κ2) is 12.2. The van der Waals surface area contributed by atoms with E-state index in [9.17, 15) is 19.7 Å². The molecule has 4 rings (SSSR count). The zero-order valence-corrected chi connectivity index (χ0v) is 21.5. The van der Waals surface area contributed by atoms with Crippen LogP contribution < -0.4 is 10.6 Å². The molecule has 0 aliphatic heterocycles. The molecule has 0 unspecified atom stereocenters. The zero-order valence-electron chi connectivity index (χ0n) is 19.8. The van der Waals surface area contributed by atoms with Crippen LogP contribution in [-0.4, -0.2) is 35.1 Å². The van der Waals surface area contributed by atoms with Gasteiger partial charge in [-0.1, -0.05) is 48.5 Å². The topological polar surface area (TPSA) is 123 Å². The van der Waals surface area contributed by atoms with E-state index in [1.807, 2.05) is 53.2 Å². The van der Waals surface area contributed by atoms with Crippen molar-refractivity contribution in [1.29, 1.82) is 0 Å². The molecule has 37 heavy (non-hydrogen) atoms. The van der Waals surface area contributed by atoms with Crippen LogP contribution in [-0.2, 0) is 22.4 Å². The number of thiazole rings is 1. The molecule has 2 heterocycles. The Bertz CT molecular complexity index is 1340. The Morgan fingerprint density at radius 1 is 0.973 bits per heavy atom. The van der Waals surface area contributed by atoms with Crippen LogP contribution in [0.25, 0.3) is 9.88 Å². The fraction of sp³-hybridized carbons (Fsp3) is 0.192. The third-order valence-electron chi connectivity index (χ3n) is 5.59. The molecule has 0 aliphatic carbocycles. The highest BCUT2D eigenvalue weighted by molar-refractivity contribution is 7.20. The molecule has 2 N–H and O–H groups in total. The second-order valence-electron chi connectivity index (χ2n) is 8.12. The number of alkyl carbamates (subject to hydrolysis) is 1. The van der Waals surface area contributed by atoms with Crippen LogP contribution in [0.1, 0.15) is 22.9 Å². The smallest absolute Gasteiger partial charge is 0.407 e. The number of rotatable bonds is 10. The molecule has 0 spiro atoms. The number of aromatic nitrogens is 1. The lowest BCUT2D eigenvalue weighted by molar-refractivity contribution is -0.384. The zero-order chi connectivity index (χ0) is 26.2. The average Bonchev–Trinajstić information content (AvgIpc) is 3.61. The minimum absolute atomic E-state index is 0.0109. The van der Waals surface area contributed by atoms with Gasteiger partial charge in [-0.25, -0.2) is 9.78 Å². The van der Waals surface area contributed by atoms with Crippen molar-refractivity contribution in [2.75, 3.05) is 7.11 Å². The summed E-state index contributed by atoms with van der Waals surface area (Å²) in [5.41, 5.74) is 2.32. The molecule has 9 nitrogen and oxygen atoms in total. The highest BCUT2D eigenvalue weighted by Gasteiger charge is 2.26. The van der Waals surface area contributed by atoms with Crippen molar-refractivity contribution in [2.24, 2.45) is 0 Å². The standard InChI is InChI=1S/C26H24N4O5S2/c1-35-26(32)29-21(15-17-6-3-2-4-7-17)24(31)27-20(14-18-9-11-19(12-10-18)30(33)34)22-16-37-25(28-22)23-8-5-13-36-23/h2-13,16,20-21H,14-15H2,1H3,(H,27,31)(H,29,32)/t20-,21+/m0/s1. The number of hydrogen-bond donors (Lipinski definition) is 2. The fourth-order valence-electron chi connectivity index (χ4n) is 3.71. The van der Waals surface area contributed by atoms with Gasteiger partial charge < -0.3 is 15.4 Å². The highest BCUT2D eigenvalue weighted by atomic mass is 32.1. The van der Waals surface area contributed by atoms with E-state index >= 15 is 0 Å². The molecular weight excluding hydrogens is 512 g/mol. The predicted molar refractivity (Wildman–Crippen MR) is 143 cm³/mol. The Morgan fingerprint density at radius 3 is 2.35 bits per heavy atom. The van der Waals surface area contributed by atoms with E-state index in [1.165, 1.54) is 30.6 Å². The summed E-state index contributed by atoms with van der Waals surface area (Å²) >= 11 is 3.05. The van der Waals surface area contributed by atoms with Gasteiger partial charge in [-0.2, -0.15) is 0 Å². The Labute approximate surface area is 221 Å². The molecule has 0 fully saturated rings. The van der Waals surface area contributed by atoms with E-state index in [2.05, 4.69) is 10.6 Å². The number of non-ortho nitro benzene ring substituents is 1. The van der Waals surface area contributed by atoms with Crippen LogP contribution in [0.5, 0.6) is 0 Å². The lowest BCUT2D eigenvalue weighted by Crippen LogP contribution is -2.49. The summed E-state index contributed by atoms with van der Waals surface area (Å²) in [6.45, 7) is 0. The van der Waals surface area contributed by atoms with Crippen molar-refractivity contribution in [2.45, 2.75) is 24.9 Å². The van der Waals surface area contributed by atoms with Crippen LogP contribution in [0.3, 0.4) is 0 Å². The largest absolute Gasteiger partial charge is 0.453 e. The Kier molecular flexibility index (Phi) is 8.60. The SMILES string of the molecule is COC(=O)N[C@H](Cc1ccccc1)C(=O)N[C@@H](Cc1ccc([N+](=O)[O-])cc1)c1csc(-c2cccs2)n1. The summed E-state index contributed by atoms with van der Waals surface area (Å²) in [5.74, 6) is -0.396. The van der Waals surface area contributed by atoms with E-state index in [0.29, 0.717) is 12.1 Å². The van der Waals surface area contributed by atoms with Gasteiger partial charge in [-0.3, -0.25) is 14.9 Å². The maximum Gasteiger partial charge on any atom is 0.407 e. The van der Waals surface area contributed by atoms with E-state index in [4.69, 9.17) is 9.72 Å². The average molecular weight is 537 g/mol. The van der Waals surface area contributed by atoms with Crippen LogP contribution in [0.15, 0.2) is 77.5 Å². The number of carbonyl (C=O) groups is 2. The van der Waals surface area contributed by atoms with Crippen LogP contribution in [0.2, 0.25) is 0 Å². The number of thiophene rings is 1. The van der Waals surface area contributed by atoms with Gasteiger partial charge in [0.15, 0.2) is 0 Å². The molecule has 190 valence electrons. The number of ether oxygens (including phenoxy) is 1. The fourth-order valence-corrected chi connectivity index (χ4v) is 5.40. The number of methoxy groups -OCH3 is 1. The molecule has 2 aromatic heterocycles. The van der Waals surface area contributed by atoms with Gasteiger partial charge in [-0.15, -0.1) is 22.7 Å². The minimum Gasteiger partial charge on any atom is -0.453 e. The maximum absolute atomic E-state index is 13.5. The third kappa shape index (κ3) is 6.99. The van der Waals surface area contributed by atoms with E-state index in [-0.39, 0.29) is 12.1 Å². The van der Waals surface area contributed by atoms with Crippen molar-refractivity contribution in [1.82, 2.24) is 15.6 Å². The molecule has 2 atom stereocenters. The van der Waals surface area contributed by atoms with Crippen LogP contribution in [0.4, 0.5) is 10.5 Å². The maximum atomic E-state index is 13.5. The summed E-state index contributed by atoms with van der Waals surface area (Å²) < 4.78 is 4.73. The number of nitrogens with zero attached hydrogens (tertiary/aromatic N) is 2. The van der Waals surface area contributed by atoms with E-state index in [1.54, 1.807) is 23.5 Å². The number of carbonyl (C=O) groups excluding carboxylic acids is 2. The van der Waals surface area contributed by atoms with Gasteiger partial charge in [0.2, 0.25) is 5.91 Å². The van der Waals surface area contributed by atoms with Gasteiger partial charge in [0.1, 0.15) is 11.0 Å². The molecule has 0 aliphatic rings. The number of nitro benzene ring substituents is 1. The van der Waals surface area contributed by atoms with Crippen molar-refractivity contribution < 1.29 is 19.2 Å². The first-order valence-corrected chi connectivity index (χ1v) is 13.1. The van der Waals surface area contributed by atoms with Gasteiger partial charge in [0.05, 0.1) is 28.6 Å². The van der Waals surface area contributed by atoms with Crippen molar-refractivity contribution in [3.8, 4) is 9.88 Å². The molecule has 2 aromatic carbocycles. The van der Waals surface area contributed by atoms with Crippen LogP contribution in [0, 0.1) is 10.1 Å². The summed E-state index contributed by atoms with van der Waals surface area (Å²) in [7, 11) is 1.24. The normalized spacial score (nSPS) is 12.4. The number of nitro groups is 1. The monoisotopic (exact) mass is 536 g/mol. The molecule has 0 radical (unpaired) electrons. The van der Waals surface area contributed by atoms with E-state index in [0.717, 1.165) is 21.0 Å². The molecular formula is C26H24N4O5S2. The van der Waals surface area contributed by atoms with Crippen LogP contribution >= 0.6 is 22.7 Å². The lowest BCUT2D eigenvalue weighted by Gasteiger charge is -2.22. The Hall–Kier alpha value is -4.09. The number of hydrogen-bond acceptors (Lipinski definition) is 8. The van der Waals surface area contributed by atoms with Gasteiger partial charge >= 0.3 is 6.09 Å². The molecule has 0 saturated heterocycles. The van der Waals surface area contributed by atoms with Gasteiger partial charge in [0.25, 0.3) is 5.69 Å². The van der Waals surface area contributed by atoms with Crippen molar-refractivity contribution in [3.05, 3.63) is 104 Å². The summed E-state index contributed by atoms with van der Waals surface area (Å²) in [6, 6.07) is 18.1. The minimum atomic E-state index is -0.885. The third-order valence-corrected chi connectivity index (χ3v) is 7.49. The van der Waals surface area contributed by atoms with Gasteiger partial charge in [0, 0.05) is 23.9 Å². The second-order valence-corrected chi connectivity index (χ2v) is 9.93. The Morgan fingerprint density at radius 2 is 1.70 bits per heavy atom. The molecule has 4 aromatic rings. The molecule has 0 bridgehead atoms. The number of nitrogens with one attached hydrogen (secondary N) is 2. The van der Waals surface area contributed by atoms with Gasteiger partial charge in [-0.05, 0) is 29.0 Å². The number of benzene rings is 2. The summed E-state index contributed by atoms with van der Waals surface area (Å²) in [6.07, 6.45) is -0.0893. The highest BCUT2D eigenvalue weighted by Crippen LogP contribution is 2.31. The number of amides is 2. The first-order valence-electron chi connectivity index (χ1n) is 11.3. The summed E-state index contributed by atoms with van der Waals surface area (Å²) in [4.78, 5) is 41.8. The first-order chi connectivity index (χ1) is 17.9.